The second-order valence-corrected chi connectivity index (χ2v) is 6.71. The predicted molar refractivity (Wildman–Crippen MR) is 99.7 cm³/mol. The second kappa shape index (κ2) is 7.77. The summed E-state index contributed by atoms with van der Waals surface area (Å²) in [5.41, 5.74) is 1.59. The molecule has 24 heavy (non-hydrogen) atoms. The predicted octanol–water partition coefficient (Wildman–Crippen LogP) is 3.37. The fraction of sp³-hybridized carbons (Fsp3) is 0.333. The Labute approximate surface area is 150 Å². The van der Waals surface area contributed by atoms with Crippen LogP contribution in [0.5, 0.6) is 0 Å². The van der Waals surface area contributed by atoms with Crippen molar-refractivity contribution in [3.63, 3.8) is 0 Å². The number of pyridine rings is 1. The van der Waals surface area contributed by atoms with Crippen LogP contribution in [0.2, 0.25) is 0 Å². The SMILES string of the molecule is CCN1CCN(C(=O)c2ccc(Nc3cccc(Br)c3)nc2)CC1. The Hall–Kier alpha value is -1.92. The van der Waals surface area contributed by atoms with E-state index in [0.717, 1.165) is 48.7 Å². The van der Waals surface area contributed by atoms with Gasteiger partial charge in [-0.2, -0.15) is 0 Å². The van der Waals surface area contributed by atoms with E-state index in [0.29, 0.717) is 5.56 Å². The van der Waals surface area contributed by atoms with Crippen LogP contribution in [0.1, 0.15) is 17.3 Å². The van der Waals surface area contributed by atoms with E-state index in [-0.39, 0.29) is 5.91 Å². The molecule has 0 atom stereocenters. The third-order valence-electron chi connectivity index (χ3n) is 4.21. The van der Waals surface area contributed by atoms with E-state index in [1.807, 2.05) is 41.3 Å². The number of likely N-dealkylation sites (N-methyl/N-ethyl adjacent to an activating group) is 1. The second-order valence-electron chi connectivity index (χ2n) is 5.79. The van der Waals surface area contributed by atoms with E-state index in [4.69, 9.17) is 0 Å². The monoisotopic (exact) mass is 388 g/mol. The molecule has 1 aliphatic heterocycles. The summed E-state index contributed by atoms with van der Waals surface area (Å²) in [5.74, 6) is 0.785. The van der Waals surface area contributed by atoms with Gasteiger partial charge < -0.3 is 15.1 Å². The Kier molecular flexibility index (Phi) is 5.48. The molecule has 0 unspecified atom stereocenters. The molecule has 126 valence electrons. The van der Waals surface area contributed by atoms with E-state index in [2.05, 4.69) is 38.1 Å². The highest BCUT2D eigenvalue weighted by molar-refractivity contribution is 9.10. The van der Waals surface area contributed by atoms with E-state index in [9.17, 15) is 4.79 Å². The van der Waals surface area contributed by atoms with Crippen LogP contribution in [-0.4, -0.2) is 53.4 Å². The van der Waals surface area contributed by atoms with Crippen molar-refractivity contribution in [1.29, 1.82) is 0 Å². The largest absolute Gasteiger partial charge is 0.340 e. The number of nitrogens with one attached hydrogen (secondary N) is 1. The number of halogens is 1. The molecule has 2 heterocycles. The molecule has 0 radical (unpaired) electrons. The van der Waals surface area contributed by atoms with Gasteiger partial charge in [0.05, 0.1) is 5.56 Å². The van der Waals surface area contributed by atoms with Gasteiger partial charge in [0.15, 0.2) is 0 Å². The third-order valence-corrected chi connectivity index (χ3v) is 4.71. The first-order chi connectivity index (χ1) is 11.7. The van der Waals surface area contributed by atoms with Crippen LogP contribution in [0.15, 0.2) is 47.1 Å². The average Bonchev–Trinajstić information content (AvgIpc) is 2.62. The summed E-state index contributed by atoms with van der Waals surface area (Å²) >= 11 is 3.45. The first kappa shape index (κ1) is 16.9. The lowest BCUT2D eigenvalue weighted by atomic mass is 10.2. The minimum absolute atomic E-state index is 0.0623. The summed E-state index contributed by atoms with van der Waals surface area (Å²) in [4.78, 5) is 21.2. The van der Waals surface area contributed by atoms with Crippen molar-refractivity contribution in [3.8, 4) is 0 Å². The zero-order valence-corrected chi connectivity index (χ0v) is 15.3. The number of amides is 1. The summed E-state index contributed by atoms with van der Waals surface area (Å²) in [7, 11) is 0. The minimum Gasteiger partial charge on any atom is -0.340 e. The fourth-order valence-corrected chi connectivity index (χ4v) is 3.16. The lowest BCUT2D eigenvalue weighted by Gasteiger charge is -2.34. The van der Waals surface area contributed by atoms with Gasteiger partial charge in [-0.25, -0.2) is 4.98 Å². The van der Waals surface area contributed by atoms with Gasteiger partial charge in [-0.05, 0) is 36.9 Å². The maximum atomic E-state index is 12.5. The first-order valence-electron chi connectivity index (χ1n) is 8.16. The molecule has 2 aromatic rings. The van der Waals surface area contributed by atoms with Gasteiger partial charge in [-0.15, -0.1) is 0 Å². The highest BCUT2D eigenvalue weighted by Gasteiger charge is 2.21. The third kappa shape index (κ3) is 4.13. The van der Waals surface area contributed by atoms with Gasteiger partial charge in [-0.1, -0.05) is 28.9 Å². The molecule has 0 saturated carbocycles. The lowest BCUT2D eigenvalue weighted by Crippen LogP contribution is -2.48. The first-order valence-corrected chi connectivity index (χ1v) is 8.95. The molecule has 6 heteroatoms. The van der Waals surface area contributed by atoms with Crippen molar-refractivity contribution in [1.82, 2.24) is 14.8 Å². The molecule has 1 amide bonds. The average molecular weight is 389 g/mol. The van der Waals surface area contributed by atoms with Crippen LogP contribution >= 0.6 is 15.9 Å². The van der Waals surface area contributed by atoms with Crippen LogP contribution in [0.3, 0.4) is 0 Å². The van der Waals surface area contributed by atoms with Crippen molar-refractivity contribution in [2.45, 2.75) is 6.92 Å². The number of aromatic nitrogens is 1. The molecule has 1 N–H and O–H groups in total. The van der Waals surface area contributed by atoms with Crippen molar-refractivity contribution < 1.29 is 4.79 Å². The maximum Gasteiger partial charge on any atom is 0.255 e. The van der Waals surface area contributed by atoms with E-state index < -0.39 is 0 Å². The standard InChI is InChI=1S/C18H21BrN4O/c1-2-22-8-10-23(11-9-22)18(24)14-6-7-17(20-13-14)21-16-5-3-4-15(19)12-16/h3-7,12-13H,2,8-11H2,1H3,(H,20,21). The number of anilines is 2. The smallest absolute Gasteiger partial charge is 0.255 e. The quantitative estimate of drug-likeness (QED) is 0.871. The molecule has 1 aromatic heterocycles. The fourth-order valence-electron chi connectivity index (χ4n) is 2.76. The normalized spacial score (nSPS) is 15.3. The van der Waals surface area contributed by atoms with E-state index in [1.165, 1.54) is 0 Å². The molecule has 3 rings (SSSR count). The molecule has 1 fully saturated rings. The van der Waals surface area contributed by atoms with Crippen LogP contribution in [0.4, 0.5) is 11.5 Å². The van der Waals surface area contributed by atoms with Gasteiger partial charge >= 0.3 is 0 Å². The van der Waals surface area contributed by atoms with Crippen molar-refractivity contribution >= 4 is 33.3 Å². The molecular weight excluding hydrogens is 368 g/mol. The highest BCUT2D eigenvalue weighted by Crippen LogP contribution is 2.19. The number of benzene rings is 1. The van der Waals surface area contributed by atoms with E-state index in [1.54, 1.807) is 6.20 Å². The van der Waals surface area contributed by atoms with E-state index >= 15 is 0 Å². The molecule has 0 spiro atoms. The summed E-state index contributed by atoms with van der Waals surface area (Å²) in [6.45, 7) is 6.64. The van der Waals surface area contributed by atoms with Crippen molar-refractivity contribution in [2.75, 3.05) is 38.0 Å². The summed E-state index contributed by atoms with van der Waals surface area (Å²) in [6.07, 6.45) is 1.65. The Bertz CT molecular complexity index is 696. The topological polar surface area (TPSA) is 48.5 Å². The number of hydrogen-bond acceptors (Lipinski definition) is 4. The zero-order chi connectivity index (χ0) is 16.9. The zero-order valence-electron chi connectivity index (χ0n) is 13.7. The maximum absolute atomic E-state index is 12.5. The highest BCUT2D eigenvalue weighted by atomic mass is 79.9. The summed E-state index contributed by atoms with van der Waals surface area (Å²) in [5, 5.41) is 3.23. The molecule has 1 aromatic carbocycles. The van der Waals surface area contributed by atoms with Crippen molar-refractivity contribution in [2.24, 2.45) is 0 Å². The van der Waals surface area contributed by atoms with Gasteiger partial charge in [0.25, 0.3) is 5.91 Å². The minimum atomic E-state index is 0.0623. The number of carbonyl (C=O) groups is 1. The Morgan fingerprint density at radius 2 is 2.00 bits per heavy atom. The Morgan fingerprint density at radius 3 is 2.62 bits per heavy atom. The molecular formula is C18H21BrN4O. The lowest BCUT2D eigenvalue weighted by molar-refractivity contribution is 0.0643. The number of carbonyl (C=O) groups excluding carboxylic acids is 1. The van der Waals surface area contributed by atoms with Gasteiger partial charge in [0.2, 0.25) is 0 Å². The van der Waals surface area contributed by atoms with Gasteiger partial charge in [0.1, 0.15) is 5.82 Å². The number of nitrogens with zero attached hydrogens (tertiary/aromatic N) is 3. The van der Waals surface area contributed by atoms with Crippen LogP contribution < -0.4 is 5.32 Å². The molecule has 1 aliphatic rings. The van der Waals surface area contributed by atoms with Crippen LogP contribution in [-0.2, 0) is 0 Å². The number of rotatable bonds is 4. The summed E-state index contributed by atoms with van der Waals surface area (Å²) < 4.78 is 1.01. The summed E-state index contributed by atoms with van der Waals surface area (Å²) in [6, 6.07) is 11.6. The van der Waals surface area contributed by atoms with Crippen LogP contribution in [0.25, 0.3) is 0 Å². The van der Waals surface area contributed by atoms with Crippen LogP contribution in [0, 0.1) is 0 Å². The molecule has 0 bridgehead atoms. The molecule has 5 nitrogen and oxygen atoms in total. The number of piperazine rings is 1. The van der Waals surface area contributed by atoms with Crippen molar-refractivity contribution in [3.05, 3.63) is 52.6 Å². The molecule has 1 saturated heterocycles. The number of hydrogen-bond donors (Lipinski definition) is 1. The Morgan fingerprint density at radius 1 is 1.21 bits per heavy atom. The Balaban J connectivity index is 1.63. The molecule has 0 aliphatic carbocycles. The van der Waals surface area contributed by atoms with Gasteiger partial charge in [0, 0.05) is 42.5 Å². The van der Waals surface area contributed by atoms with Gasteiger partial charge in [-0.3, -0.25) is 4.79 Å².